The van der Waals surface area contributed by atoms with E-state index >= 15 is 0 Å². The Bertz CT molecular complexity index is 93.4. The normalized spacial score (nSPS) is 8.18. The minimum Gasteiger partial charge on any atom is -0.412 e. The van der Waals surface area contributed by atoms with Crippen LogP contribution in [0.1, 0.15) is 0 Å². The van der Waals surface area contributed by atoms with E-state index < -0.39 is 30.7 Å². The van der Waals surface area contributed by atoms with Gasteiger partial charge in [0.25, 0.3) is 0 Å². The van der Waals surface area contributed by atoms with Crippen LogP contribution in [0.15, 0.2) is 0 Å². The second kappa shape index (κ2) is 26.6. The molecule has 0 saturated carbocycles. The Morgan fingerprint density at radius 3 is 0.273 bits per heavy atom. The first-order chi connectivity index (χ1) is 6.00. The van der Waals surface area contributed by atoms with Crippen molar-refractivity contribution in [3.05, 3.63) is 0 Å². The molecule has 0 rings (SSSR count). The van der Waals surface area contributed by atoms with E-state index in [2.05, 4.69) is 0 Å². The molecule has 12 N–H and O–H groups in total. The topological polar surface area (TPSA) is 466 Å². The van der Waals surface area contributed by atoms with Crippen LogP contribution in [0.5, 0.6) is 0 Å². The predicted octanol–water partition coefficient (Wildman–Crippen LogP) is -19.2. The summed E-state index contributed by atoms with van der Waals surface area (Å²) in [5.41, 5.74) is 0. The van der Waals surface area contributed by atoms with Crippen LogP contribution in [0.3, 0.4) is 0 Å². The van der Waals surface area contributed by atoms with Crippen molar-refractivity contribution in [1.82, 2.24) is 0 Å². The zero-order valence-corrected chi connectivity index (χ0v) is 13.0. The van der Waals surface area contributed by atoms with Crippen molar-refractivity contribution in [2.75, 3.05) is 0 Å². The molecule has 0 aliphatic heterocycles. The maximum atomic E-state index is 8.49. The van der Waals surface area contributed by atoms with E-state index in [1.165, 1.54) is 0 Å². The molecular formula is H12Cl3CrO18-3. The molecule has 0 atom stereocenters. The average molecular weight is 458 g/mol. The van der Waals surface area contributed by atoms with Gasteiger partial charge in [-0.3, -0.25) is 0 Å². The Balaban J connectivity index is -0.0000000106. The summed E-state index contributed by atoms with van der Waals surface area (Å²) in [6, 6.07) is 0. The fraction of sp³-hybridized carbons (Fsp3) is 0. The molecule has 18 nitrogen and oxygen atoms in total. The molecule has 0 bridgehead atoms. The summed E-state index contributed by atoms with van der Waals surface area (Å²) in [5, 5.41) is 0. The molecule has 0 radical (unpaired) electrons. The smallest absolute Gasteiger partial charge is 0 e. The molecule has 22 heteroatoms. The zero-order valence-electron chi connectivity index (χ0n) is 9.44. The second-order valence-corrected chi connectivity index (χ2v) is 3.40. The van der Waals surface area contributed by atoms with Crippen molar-refractivity contribution < 1.29 is 137 Å². The Morgan fingerprint density at radius 2 is 0.273 bits per heavy atom. The van der Waals surface area contributed by atoms with Crippen LogP contribution < -0.4 is 55.9 Å². The SMILES string of the molecule is O.O.O.O.O.O.[Cr].[O-][Cl+3]([O-])([O-])[O-].[O-][Cl+3]([O-])([O-])[O-].[O-][Cl+3]([O-])([O-])[O-]. The van der Waals surface area contributed by atoms with Gasteiger partial charge in [-0.25, -0.2) is 55.9 Å². The summed E-state index contributed by atoms with van der Waals surface area (Å²) in [4.78, 5) is 0. The number of halogens is 3. The predicted molar refractivity (Wildman–Crippen MR) is 21.7 cm³/mol. The van der Waals surface area contributed by atoms with Crippen LogP contribution >= 0.6 is 0 Å². The standard InChI is InChI=1S/3ClHO4.Cr.6H2O/c3*2-1(3,4)5;;;;;;;/h3*(H,2,3,4,5);;6*1H2/p-3. The van der Waals surface area contributed by atoms with Gasteiger partial charge < -0.3 is 32.9 Å². The van der Waals surface area contributed by atoms with Gasteiger partial charge in [0.2, 0.25) is 0 Å². The van der Waals surface area contributed by atoms with E-state index in [1.807, 2.05) is 0 Å². The van der Waals surface area contributed by atoms with Crippen molar-refractivity contribution in [3.8, 4) is 0 Å². The van der Waals surface area contributed by atoms with Gasteiger partial charge >= 0.3 is 0 Å². The van der Waals surface area contributed by atoms with Crippen LogP contribution in [0.2, 0.25) is 0 Å². The largest absolute Gasteiger partial charge is 0.412 e. The van der Waals surface area contributed by atoms with Gasteiger partial charge in [0.05, 0.1) is 0 Å². The van der Waals surface area contributed by atoms with E-state index in [0.717, 1.165) is 0 Å². The molecule has 0 aliphatic rings. The van der Waals surface area contributed by atoms with Crippen molar-refractivity contribution in [1.29, 1.82) is 0 Å². The summed E-state index contributed by atoms with van der Waals surface area (Å²) in [7, 11) is -14.8. The first-order valence-electron chi connectivity index (χ1n) is 1.85. The summed E-state index contributed by atoms with van der Waals surface area (Å²) in [5.74, 6) is 0. The second-order valence-electron chi connectivity index (χ2n) is 1.13. The van der Waals surface area contributed by atoms with Crippen LogP contribution in [0.25, 0.3) is 0 Å². The van der Waals surface area contributed by atoms with Crippen molar-refractivity contribution in [2.45, 2.75) is 0 Å². The third-order valence-corrected chi connectivity index (χ3v) is 0. The van der Waals surface area contributed by atoms with Gasteiger partial charge in [0, 0.05) is 17.4 Å². The molecular weight excluding hydrogens is 446 g/mol. The summed E-state index contributed by atoms with van der Waals surface area (Å²) < 4.78 is 102. The first-order valence-corrected chi connectivity index (χ1v) is 5.55. The molecule has 0 heterocycles. The fourth-order valence-corrected chi connectivity index (χ4v) is 0. The monoisotopic (exact) mass is 457 g/mol. The molecule has 150 valence electrons. The van der Waals surface area contributed by atoms with E-state index in [4.69, 9.17) is 55.9 Å². The molecule has 0 spiro atoms. The summed E-state index contributed by atoms with van der Waals surface area (Å²) in [6.07, 6.45) is 0. The fourth-order valence-electron chi connectivity index (χ4n) is 0. The van der Waals surface area contributed by atoms with Gasteiger partial charge in [0.1, 0.15) is 0 Å². The van der Waals surface area contributed by atoms with E-state index in [0.29, 0.717) is 0 Å². The maximum Gasteiger partial charge on any atom is 0 e. The Labute approximate surface area is 137 Å². The molecule has 0 aliphatic carbocycles. The third kappa shape index (κ3) is 17200. The molecule has 0 fully saturated rings. The van der Waals surface area contributed by atoms with Gasteiger partial charge in [-0.15, -0.1) is 30.7 Å². The molecule has 0 aromatic heterocycles. The van der Waals surface area contributed by atoms with E-state index in [-0.39, 0.29) is 50.2 Å². The van der Waals surface area contributed by atoms with E-state index in [1.54, 1.807) is 0 Å². The molecule has 0 amide bonds. The molecule has 0 saturated heterocycles. The maximum absolute atomic E-state index is 8.49. The van der Waals surface area contributed by atoms with Gasteiger partial charge in [-0.2, -0.15) is 0 Å². The first kappa shape index (κ1) is 66.3. The quantitative estimate of drug-likeness (QED) is 0.326. The number of rotatable bonds is 0. The number of hydrogen-bond donors (Lipinski definition) is 0. The Kier molecular flexibility index (Phi) is 80.1. The average Bonchev–Trinajstić information content (AvgIpc) is 1.41. The Hall–Kier alpha value is 0.682. The molecule has 0 aromatic carbocycles. The molecule has 0 unspecified atom stereocenters. The van der Waals surface area contributed by atoms with Gasteiger partial charge in [0.15, 0.2) is 0 Å². The number of hydrogen-bond acceptors (Lipinski definition) is 12. The van der Waals surface area contributed by atoms with Gasteiger partial charge in [-0.05, 0) is 0 Å². The zero-order chi connectivity index (χ0) is 13.5. The van der Waals surface area contributed by atoms with Crippen LogP contribution in [0.4, 0.5) is 0 Å². The van der Waals surface area contributed by atoms with Gasteiger partial charge in [-0.1, -0.05) is 0 Å². The minimum atomic E-state index is -4.94. The minimum absolute atomic E-state index is 0. The summed E-state index contributed by atoms with van der Waals surface area (Å²) >= 11 is 0. The van der Waals surface area contributed by atoms with E-state index in [9.17, 15) is 0 Å². The third-order valence-electron chi connectivity index (χ3n) is 0. The summed E-state index contributed by atoms with van der Waals surface area (Å²) in [6.45, 7) is 0. The molecule has 22 heavy (non-hydrogen) atoms. The van der Waals surface area contributed by atoms with Crippen LogP contribution in [-0.2, 0) is 17.4 Å². The van der Waals surface area contributed by atoms with Crippen LogP contribution in [0, 0.1) is 30.7 Å². The van der Waals surface area contributed by atoms with Crippen molar-refractivity contribution in [2.24, 2.45) is 0 Å². The molecule has 0 aromatic rings. The Morgan fingerprint density at radius 1 is 0.273 bits per heavy atom. The van der Waals surface area contributed by atoms with Crippen molar-refractivity contribution >= 4 is 0 Å². The van der Waals surface area contributed by atoms with Crippen molar-refractivity contribution in [3.63, 3.8) is 0 Å². The van der Waals surface area contributed by atoms with Crippen LogP contribution in [-0.4, -0.2) is 32.9 Å².